The van der Waals surface area contributed by atoms with Gasteiger partial charge in [0.05, 0.1) is 0 Å². The third-order valence-corrected chi connectivity index (χ3v) is 3.20. The lowest BCUT2D eigenvalue weighted by Gasteiger charge is -2.17. The monoisotopic (exact) mass is 245 g/mol. The highest BCUT2D eigenvalue weighted by atomic mass is 35.5. The fraction of sp³-hybridized carbons (Fsp3) is 0.200. The van der Waals surface area contributed by atoms with E-state index in [2.05, 4.69) is 30.1 Å². The van der Waals surface area contributed by atoms with E-state index in [4.69, 9.17) is 11.6 Å². The fourth-order valence-electron chi connectivity index (χ4n) is 2.02. The van der Waals surface area contributed by atoms with E-state index < -0.39 is 0 Å². The molecule has 17 heavy (non-hydrogen) atoms. The van der Waals surface area contributed by atoms with E-state index in [9.17, 15) is 0 Å². The molecule has 0 amide bonds. The van der Waals surface area contributed by atoms with Crippen LogP contribution in [0, 0.1) is 0 Å². The molecule has 2 aliphatic rings. The lowest BCUT2D eigenvalue weighted by molar-refractivity contribution is 0.830. The molecule has 0 atom stereocenters. The van der Waals surface area contributed by atoms with Crippen LogP contribution in [0.2, 0.25) is 0 Å². The van der Waals surface area contributed by atoms with E-state index >= 15 is 0 Å². The van der Waals surface area contributed by atoms with Crippen LogP contribution in [0.15, 0.2) is 70.6 Å². The Morgan fingerprint density at radius 3 is 2.88 bits per heavy atom. The van der Waals surface area contributed by atoms with Gasteiger partial charge in [-0.15, -0.1) is 0 Å². The quantitative estimate of drug-likeness (QED) is 0.725. The van der Waals surface area contributed by atoms with Crippen molar-refractivity contribution in [2.45, 2.75) is 19.8 Å². The molecule has 2 rings (SSSR count). The molecule has 0 saturated heterocycles. The molecule has 1 aliphatic carbocycles. The molecule has 88 valence electrons. The summed E-state index contributed by atoms with van der Waals surface area (Å²) in [7, 11) is 0. The Morgan fingerprint density at radius 2 is 2.18 bits per heavy atom. The Kier molecular flexibility index (Phi) is 3.70. The summed E-state index contributed by atoms with van der Waals surface area (Å²) in [6.45, 7) is 5.78. The highest BCUT2D eigenvalue weighted by molar-refractivity contribution is 6.29. The average Bonchev–Trinajstić information content (AvgIpc) is 2.49. The van der Waals surface area contributed by atoms with Gasteiger partial charge < -0.3 is 5.32 Å². The highest BCUT2D eigenvalue weighted by Gasteiger charge is 2.15. The largest absolute Gasteiger partial charge is 0.358 e. The molecule has 0 aromatic carbocycles. The summed E-state index contributed by atoms with van der Waals surface area (Å²) in [5, 5.41) is 4.41. The van der Waals surface area contributed by atoms with E-state index in [1.807, 2.05) is 19.1 Å². The molecule has 0 bridgehead atoms. The Hall–Kier alpha value is -1.47. The summed E-state index contributed by atoms with van der Waals surface area (Å²) in [5.41, 5.74) is 4.68. The maximum absolute atomic E-state index is 6.08. The van der Waals surface area contributed by atoms with Gasteiger partial charge in [0.15, 0.2) is 0 Å². The predicted octanol–water partition coefficient (Wildman–Crippen LogP) is 4.33. The molecular formula is C15H16ClN. The second-order valence-electron chi connectivity index (χ2n) is 4.04. The normalized spacial score (nSPS) is 24.2. The highest BCUT2D eigenvalue weighted by Crippen LogP contribution is 2.29. The molecule has 0 fully saturated rings. The standard InChI is InChI=1S/C15H16ClN/c1-3-5-11-6-7-12-10-13(16)8-9-15(12)17-14(11)4-2/h3-7,10,17H,1,8-9H2,2H3/b11-5-,14-4+. The SMILES string of the molecule is C=C/C=C1/C=CC2=C(CCC(Cl)=C2)N/C1=C/C. The van der Waals surface area contributed by atoms with Crippen molar-refractivity contribution in [2.24, 2.45) is 0 Å². The van der Waals surface area contributed by atoms with Crippen molar-refractivity contribution in [3.63, 3.8) is 0 Å². The Labute approximate surface area is 108 Å². The lowest BCUT2D eigenvalue weighted by Crippen LogP contribution is -2.15. The molecule has 0 saturated carbocycles. The van der Waals surface area contributed by atoms with E-state index in [1.54, 1.807) is 6.08 Å². The van der Waals surface area contributed by atoms with Crippen molar-refractivity contribution in [3.05, 3.63) is 70.6 Å². The van der Waals surface area contributed by atoms with Gasteiger partial charge in [0.25, 0.3) is 0 Å². The molecule has 0 aromatic heterocycles. The molecular weight excluding hydrogens is 230 g/mol. The van der Waals surface area contributed by atoms with Gasteiger partial charge in [-0.3, -0.25) is 0 Å². The topological polar surface area (TPSA) is 12.0 Å². The molecule has 1 nitrogen and oxygen atoms in total. The zero-order valence-corrected chi connectivity index (χ0v) is 10.7. The summed E-state index contributed by atoms with van der Waals surface area (Å²) in [5.74, 6) is 0. The second kappa shape index (κ2) is 5.24. The predicted molar refractivity (Wildman–Crippen MR) is 74.5 cm³/mol. The molecule has 0 radical (unpaired) electrons. The maximum atomic E-state index is 6.08. The third-order valence-electron chi connectivity index (χ3n) is 2.90. The van der Waals surface area contributed by atoms with Crippen molar-refractivity contribution < 1.29 is 0 Å². The number of hydrogen-bond acceptors (Lipinski definition) is 1. The van der Waals surface area contributed by atoms with E-state index in [-0.39, 0.29) is 0 Å². The van der Waals surface area contributed by atoms with Crippen LogP contribution in [0.5, 0.6) is 0 Å². The Balaban J connectivity index is 2.41. The first-order valence-corrected chi connectivity index (χ1v) is 6.16. The van der Waals surface area contributed by atoms with Crippen LogP contribution in [0.3, 0.4) is 0 Å². The number of hydrogen-bond donors (Lipinski definition) is 1. The minimum absolute atomic E-state index is 0.915. The summed E-state index contributed by atoms with van der Waals surface area (Å²) in [4.78, 5) is 0. The first-order chi connectivity index (χ1) is 8.24. The van der Waals surface area contributed by atoms with Crippen molar-refractivity contribution >= 4 is 11.6 Å². The Bertz CT molecular complexity index is 487. The van der Waals surface area contributed by atoms with Gasteiger partial charge in [-0.2, -0.15) is 0 Å². The van der Waals surface area contributed by atoms with E-state index in [0.717, 1.165) is 29.1 Å². The molecule has 1 aliphatic heterocycles. The molecule has 2 heteroatoms. The summed E-state index contributed by atoms with van der Waals surface area (Å²) < 4.78 is 0. The van der Waals surface area contributed by atoms with Crippen LogP contribution < -0.4 is 5.32 Å². The third kappa shape index (κ3) is 2.62. The first kappa shape index (κ1) is 12.0. The fourth-order valence-corrected chi connectivity index (χ4v) is 2.23. The first-order valence-electron chi connectivity index (χ1n) is 5.78. The van der Waals surface area contributed by atoms with Crippen LogP contribution in [0.1, 0.15) is 19.8 Å². The second-order valence-corrected chi connectivity index (χ2v) is 4.53. The molecule has 0 spiro atoms. The number of nitrogens with one attached hydrogen (secondary N) is 1. The number of rotatable bonds is 1. The van der Waals surface area contributed by atoms with E-state index in [0.29, 0.717) is 0 Å². The minimum atomic E-state index is 0.915. The van der Waals surface area contributed by atoms with Crippen LogP contribution in [-0.4, -0.2) is 0 Å². The molecule has 0 aromatic rings. The number of halogens is 1. The van der Waals surface area contributed by atoms with Crippen LogP contribution in [0.4, 0.5) is 0 Å². The zero-order chi connectivity index (χ0) is 12.3. The van der Waals surface area contributed by atoms with Gasteiger partial charge in [0, 0.05) is 16.4 Å². The number of allylic oxidation sites excluding steroid dienone is 9. The van der Waals surface area contributed by atoms with Gasteiger partial charge in [0.2, 0.25) is 0 Å². The van der Waals surface area contributed by atoms with Crippen molar-refractivity contribution in [1.82, 2.24) is 5.32 Å². The average molecular weight is 246 g/mol. The lowest BCUT2D eigenvalue weighted by atomic mass is 10.0. The van der Waals surface area contributed by atoms with Gasteiger partial charge in [-0.1, -0.05) is 48.6 Å². The Morgan fingerprint density at radius 1 is 1.35 bits per heavy atom. The molecule has 1 N–H and O–H groups in total. The van der Waals surface area contributed by atoms with Crippen LogP contribution in [0.25, 0.3) is 0 Å². The summed E-state index contributed by atoms with van der Waals surface area (Å²) in [6, 6.07) is 0. The summed E-state index contributed by atoms with van der Waals surface area (Å²) >= 11 is 6.08. The minimum Gasteiger partial charge on any atom is -0.358 e. The van der Waals surface area contributed by atoms with Crippen LogP contribution >= 0.6 is 11.6 Å². The maximum Gasteiger partial charge on any atom is 0.0412 e. The van der Waals surface area contributed by atoms with Crippen molar-refractivity contribution in [3.8, 4) is 0 Å². The molecule has 0 unspecified atom stereocenters. The smallest absolute Gasteiger partial charge is 0.0412 e. The van der Waals surface area contributed by atoms with Crippen molar-refractivity contribution in [1.29, 1.82) is 0 Å². The van der Waals surface area contributed by atoms with Crippen molar-refractivity contribution in [2.75, 3.05) is 0 Å². The molecule has 1 heterocycles. The van der Waals surface area contributed by atoms with Gasteiger partial charge in [-0.25, -0.2) is 0 Å². The summed E-state index contributed by atoms with van der Waals surface area (Å²) in [6.07, 6.45) is 14.0. The van der Waals surface area contributed by atoms with Crippen LogP contribution in [-0.2, 0) is 0 Å². The zero-order valence-electron chi connectivity index (χ0n) is 9.96. The van der Waals surface area contributed by atoms with E-state index in [1.165, 1.54) is 11.3 Å². The van der Waals surface area contributed by atoms with Gasteiger partial charge in [0.1, 0.15) is 0 Å². The van der Waals surface area contributed by atoms with Gasteiger partial charge in [-0.05, 0) is 37.0 Å². The van der Waals surface area contributed by atoms with Gasteiger partial charge >= 0.3 is 0 Å².